The third-order valence-corrected chi connectivity index (χ3v) is 5.32. The Hall–Kier alpha value is -2.93. The number of aliphatic imine (C=N–C) groups is 1. The molecule has 1 atom stereocenters. The Bertz CT molecular complexity index is 881. The number of guanidine groups is 1. The normalized spacial score (nSPS) is 15.6. The molecule has 1 heterocycles. The standard InChI is InChI=1S/C23H30FN5O/c1-25-23(27-16-21(28(2)3)18-6-4-7-19(24)14-18)26-15-17-9-11-20(12-10-17)29-13-5-8-22(29)30/h4,6-7,9-12,14,21H,5,8,13,15-16H2,1-3H3,(H2,25,26,27). The van der Waals surface area contributed by atoms with Gasteiger partial charge in [-0.05, 0) is 55.9 Å². The van der Waals surface area contributed by atoms with Gasteiger partial charge in [0.2, 0.25) is 5.91 Å². The third-order valence-electron chi connectivity index (χ3n) is 5.32. The van der Waals surface area contributed by atoms with Crippen LogP contribution in [0.5, 0.6) is 0 Å². The number of carbonyl (C=O) groups excluding carboxylic acids is 1. The summed E-state index contributed by atoms with van der Waals surface area (Å²) in [7, 11) is 5.67. The van der Waals surface area contributed by atoms with Crippen LogP contribution in [0.2, 0.25) is 0 Å². The highest BCUT2D eigenvalue weighted by Crippen LogP contribution is 2.21. The van der Waals surface area contributed by atoms with Crippen molar-refractivity contribution in [2.24, 2.45) is 4.99 Å². The maximum Gasteiger partial charge on any atom is 0.227 e. The second-order valence-corrected chi connectivity index (χ2v) is 7.66. The largest absolute Gasteiger partial charge is 0.354 e. The monoisotopic (exact) mass is 411 g/mol. The molecule has 1 fully saturated rings. The molecule has 0 aliphatic carbocycles. The van der Waals surface area contributed by atoms with Crippen LogP contribution in [0.3, 0.4) is 0 Å². The Labute approximate surface area is 177 Å². The first-order valence-electron chi connectivity index (χ1n) is 10.2. The molecule has 0 saturated carbocycles. The first-order chi connectivity index (χ1) is 14.5. The summed E-state index contributed by atoms with van der Waals surface area (Å²) in [4.78, 5) is 20.0. The highest BCUT2D eigenvalue weighted by molar-refractivity contribution is 5.95. The summed E-state index contributed by atoms with van der Waals surface area (Å²) in [5.74, 6) is 0.636. The second-order valence-electron chi connectivity index (χ2n) is 7.66. The number of hydrogen-bond donors (Lipinski definition) is 2. The zero-order chi connectivity index (χ0) is 21.5. The van der Waals surface area contributed by atoms with Crippen molar-refractivity contribution in [1.82, 2.24) is 15.5 Å². The average molecular weight is 412 g/mol. The van der Waals surface area contributed by atoms with E-state index in [0.717, 1.165) is 29.8 Å². The number of amides is 1. The van der Waals surface area contributed by atoms with Crippen LogP contribution in [0.25, 0.3) is 0 Å². The number of nitrogens with zero attached hydrogens (tertiary/aromatic N) is 3. The Kier molecular flexibility index (Phi) is 7.41. The van der Waals surface area contributed by atoms with Crippen molar-refractivity contribution in [2.45, 2.75) is 25.4 Å². The lowest BCUT2D eigenvalue weighted by molar-refractivity contribution is -0.117. The topological polar surface area (TPSA) is 60.0 Å². The Balaban J connectivity index is 1.54. The number of likely N-dealkylation sites (N-methyl/N-ethyl adjacent to an activating group) is 1. The third kappa shape index (κ3) is 5.57. The van der Waals surface area contributed by atoms with E-state index in [4.69, 9.17) is 0 Å². The van der Waals surface area contributed by atoms with E-state index in [1.54, 1.807) is 19.2 Å². The fourth-order valence-corrected chi connectivity index (χ4v) is 3.63. The Morgan fingerprint density at radius 3 is 2.57 bits per heavy atom. The van der Waals surface area contributed by atoms with Crippen molar-refractivity contribution in [2.75, 3.05) is 39.1 Å². The van der Waals surface area contributed by atoms with Crippen molar-refractivity contribution in [3.8, 4) is 0 Å². The zero-order valence-electron chi connectivity index (χ0n) is 17.9. The molecule has 6 nitrogen and oxygen atoms in total. The molecule has 0 aromatic heterocycles. The van der Waals surface area contributed by atoms with Gasteiger partial charge in [-0.15, -0.1) is 0 Å². The van der Waals surface area contributed by atoms with Gasteiger partial charge in [-0.3, -0.25) is 9.79 Å². The molecule has 160 valence electrons. The number of halogens is 1. The molecule has 2 aromatic carbocycles. The molecule has 0 bridgehead atoms. The number of benzene rings is 2. The van der Waals surface area contributed by atoms with Gasteiger partial charge in [0.15, 0.2) is 5.96 Å². The minimum atomic E-state index is -0.235. The van der Waals surface area contributed by atoms with Crippen molar-refractivity contribution < 1.29 is 9.18 Å². The molecule has 7 heteroatoms. The van der Waals surface area contributed by atoms with E-state index < -0.39 is 0 Å². The van der Waals surface area contributed by atoms with Crippen LogP contribution in [0.1, 0.15) is 30.0 Å². The summed E-state index contributed by atoms with van der Waals surface area (Å²) in [6.45, 7) is 2.00. The number of carbonyl (C=O) groups is 1. The summed E-state index contributed by atoms with van der Waals surface area (Å²) in [5.41, 5.74) is 2.96. The highest BCUT2D eigenvalue weighted by Gasteiger charge is 2.21. The number of rotatable bonds is 7. The lowest BCUT2D eigenvalue weighted by atomic mass is 10.1. The number of hydrogen-bond acceptors (Lipinski definition) is 3. The first kappa shape index (κ1) is 21.8. The van der Waals surface area contributed by atoms with Gasteiger partial charge < -0.3 is 20.4 Å². The zero-order valence-corrected chi connectivity index (χ0v) is 17.9. The molecule has 30 heavy (non-hydrogen) atoms. The molecule has 1 unspecified atom stereocenters. The smallest absolute Gasteiger partial charge is 0.227 e. The fourth-order valence-electron chi connectivity index (χ4n) is 3.63. The Morgan fingerprint density at radius 1 is 1.20 bits per heavy atom. The minimum absolute atomic E-state index is 0.0107. The van der Waals surface area contributed by atoms with Crippen molar-refractivity contribution in [1.29, 1.82) is 0 Å². The van der Waals surface area contributed by atoms with Crippen LogP contribution >= 0.6 is 0 Å². The second kappa shape index (κ2) is 10.2. The van der Waals surface area contributed by atoms with E-state index >= 15 is 0 Å². The van der Waals surface area contributed by atoms with Gasteiger partial charge in [0.25, 0.3) is 0 Å². The van der Waals surface area contributed by atoms with Gasteiger partial charge in [-0.2, -0.15) is 0 Å². The van der Waals surface area contributed by atoms with Crippen molar-refractivity contribution >= 4 is 17.6 Å². The molecule has 1 aliphatic rings. The summed E-state index contributed by atoms with van der Waals surface area (Å²) < 4.78 is 13.6. The van der Waals surface area contributed by atoms with Gasteiger partial charge >= 0.3 is 0 Å². The van der Waals surface area contributed by atoms with Crippen LogP contribution in [-0.2, 0) is 11.3 Å². The molecule has 2 N–H and O–H groups in total. The fraction of sp³-hybridized carbons (Fsp3) is 0.391. The lowest BCUT2D eigenvalue weighted by Gasteiger charge is -2.26. The molecule has 0 radical (unpaired) electrons. The van der Waals surface area contributed by atoms with Crippen LogP contribution in [0.15, 0.2) is 53.5 Å². The molecule has 3 rings (SSSR count). The quantitative estimate of drug-likeness (QED) is 0.543. The average Bonchev–Trinajstić information content (AvgIpc) is 3.16. The van der Waals surface area contributed by atoms with E-state index in [9.17, 15) is 9.18 Å². The summed E-state index contributed by atoms with van der Waals surface area (Å²) in [6.07, 6.45) is 1.56. The van der Waals surface area contributed by atoms with E-state index in [1.807, 2.05) is 54.2 Å². The molecular weight excluding hydrogens is 381 g/mol. The van der Waals surface area contributed by atoms with Crippen LogP contribution in [0.4, 0.5) is 10.1 Å². The van der Waals surface area contributed by atoms with Gasteiger partial charge in [-0.25, -0.2) is 4.39 Å². The first-order valence-corrected chi connectivity index (χ1v) is 10.2. The maximum atomic E-state index is 13.6. The molecule has 2 aromatic rings. The van der Waals surface area contributed by atoms with Gasteiger partial charge in [-0.1, -0.05) is 24.3 Å². The molecule has 1 amide bonds. The van der Waals surface area contributed by atoms with Gasteiger partial charge in [0.1, 0.15) is 5.82 Å². The van der Waals surface area contributed by atoms with E-state index in [1.165, 1.54) is 6.07 Å². The highest BCUT2D eigenvalue weighted by atomic mass is 19.1. The lowest BCUT2D eigenvalue weighted by Crippen LogP contribution is -2.41. The van der Waals surface area contributed by atoms with Crippen LogP contribution < -0.4 is 15.5 Å². The Morgan fingerprint density at radius 2 is 1.97 bits per heavy atom. The molecule has 1 saturated heterocycles. The maximum absolute atomic E-state index is 13.6. The minimum Gasteiger partial charge on any atom is -0.354 e. The predicted octanol–water partition coefficient (Wildman–Crippen LogP) is 2.92. The molecule has 1 aliphatic heterocycles. The molecular formula is C23H30FN5O. The SMILES string of the molecule is CN=C(NCc1ccc(N2CCCC2=O)cc1)NCC(c1cccc(F)c1)N(C)C. The molecule has 0 spiro atoms. The van der Waals surface area contributed by atoms with Crippen molar-refractivity contribution in [3.63, 3.8) is 0 Å². The number of nitrogens with one attached hydrogen (secondary N) is 2. The summed E-state index contributed by atoms with van der Waals surface area (Å²) in [5, 5.41) is 6.63. The van der Waals surface area contributed by atoms with E-state index in [-0.39, 0.29) is 17.8 Å². The van der Waals surface area contributed by atoms with Crippen molar-refractivity contribution in [3.05, 3.63) is 65.5 Å². The van der Waals surface area contributed by atoms with E-state index in [0.29, 0.717) is 25.5 Å². The van der Waals surface area contributed by atoms with Crippen LogP contribution in [-0.4, -0.2) is 51.0 Å². The number of anilines is 1. The summed E-state index contributed by atoms with van der Waals surface area (Å²) >= 11 is 0. The predicted molar refractivity (Wildman–Crippen MR) is 119 cm³/mol. The van der Waals surface area contributed by atoms with Gasteiger partial charge in [0, 0.05) is 38.8 Å². The van der Waals surface area contributed by atoms with E-state index in [2.05, 4.69) is 15.6 Å². The summed E-state index contributed by atoms with van der Waals surface area (Å²) in [6, 6.07) is 14.7. The van der Waals surface area contributed by atoms with Gasteiger partial charge in [0.05, 0.1) is 6.04 Å². The van der Waals surface area contributed by atoms with Crippen LogP contribution in [0, 0.1) is 5.82 Å².